The van der Waals surface area contributed by atoms with Crippen molar-refractivity contribution in [3.63, 3.8) is 0 Å². The van der Waals surface area contributed by atoms with E-state index in [-0.39, 0.29) is 30.4 Å². The molecule has 2 aromatic rings. The van der Waals surface area contributed by atoms with Gasteiger partial charge in [-0.1, -0.05) is 49.7 Å². The first-order valence-corrected chi connectivity index (χ1v) is 15.9. The first-order chi connectivity index (χ1) is 21.8. The molecule has 10 nitrogen and oxygen atoms in total. The number of methoxy groups -OCH3 is 1. The molecule has 1 unspecified atom stereocenters. The van der Waals surface area contributed by atoms with Gasteiger partial charge in [0.15, 0.2) is 23.7 Å². The third-order valence-corrected chi connectivity index (χ3v) is 8.98. The molecule has 2 aliphatic carbocycles. The Balaban J connectivity index is 1.42. The summed E-state index contributed by atoms with van der Waals surface area (Å²) >= 11 is 0. The van der Waals surface area contributed by atoms with Gasteiger partial charge in [0.1, 0.15) is 11.4 Å². The van der Waals surface area contributed by atoms with Gasteiger partial charge in [0.2, 0.25) is 6.10 Å². The van der Waals surface area contributed by atoms with Crippen molar-refractivity contribution in [1.82, 2.24) is 0 Å². The first-order valence-electron chi connectivity index (χ1n) is 15.9. The minimum atomic E-state index is -1.47. The number of hydrogen-bond acceptors (Lipinski definition) is 10. The van der Waals surface area contributed by atoms with Gasteiger partial charge in [-0.25, -0.2) is 14.4 Å². The minimum absolute atomic E-state index is 0.0324. The topological polar surface area (TPSA) is 127 Å². The zero-order valence-electron chi connectivity index (χ0n) is 27.4. The van der Waals surface area contributed by atoms with E-state index in [0.717, 1.165) is 30.4 Å². The van der Waals surface area contributed by atoms with Crippen molar-refractivity contribution in [3.8, 4) is 11.5 Å². The maximum atomic E-state index is 13.8. The lowest BCUT2D eigenvalue weighted by atomic mass is 9.67. The fourth-order valence-corrected chi connectivity index (χ4v) is 6.66. The summed E-state index contributed by atoms with van der Waals surface area (Å²) in [5.41, 5.74) is 0.634. The molecule has 0 radical (unpaired) electrons. The monoisotopic (exact) mass is 636 g/mol. The molecule has 0 aromatic heterocycles. The lowest BCUT2D eigenvalue weighted by Gasteiger charge is -2.43. The van der Waals surface area contributed by atoms with Gasteiger partial charge in [0.05, 0.1) is 12.7 Å². The largest absolute Gasteiger partial charge is 0.509 e. The molecule has 46 heavy (non-hydrogen) atoms. The highest BCUT2D eigenvalue weighted by molar-refractivity contribution is 5.83. The predicted octanol–water partition coefficient (Wildman–Crippen LogP) is 6.16. The van der Waals surface area contributed by atoms with Crippen molar-refractivity contribution < 1.29 is 47.9 Å². The molecule has 248 valence electrons. The number of aliphatic hydroxyl groups is 1. The molecule has 1 N–H and O–H groups in total. The van der Waals surface area contributed by atoms with Gasteiger partial charge in [0.25, 0.3) is 0 Å². The molecule has 0 saturated heterocycles. The van der Waals surface area contributed by atoms with E-state index in [1.165, 1.54) is 6.92 Å². The number of ether oxygens (including phenoxy) is 6. The number of benzene rings is 2. The van der Waals surface area contributed by atoms with E-state index in [0.29, 0.717) is 23.5 Å². The molecular formula is C36H44O10. The van der Waals surface area contributed by atoms with Crippen LogP contribution in [-0.4, -0.2) is 53.7 Å². The van der Waals surface area contributed by atoms with Gasteiger partial charge in [-0.3, -0.25) is 0 Å². The minimum Gasteiger partial charge on any atom is -0.493 e. The van der Waals surface area contributed by atoms with Crippen molar-refractivity contribution in [3.05, 3.63) is 71.0 Å². The van der Waals surface area contributed by atoms with Gasteiger partial charge in [0, 0.05) is 17.5 Å². The molecule has 0 fully saturated rings. The van der Waals surface area contributed by atoms with Crippen LogP contribution in [0.5, 0.6) is 11.5 Å². The SMILES string of the molecule is COc1ccc2c3c1O[C@@H]1C[C@@](O)(CC=C1OC(=O)[C@@H](OC(=O)[C@H](C)OC(=O)OC(C)(C)C)c1ccccc1)[C@@H](C2)C(C)CCC3. The Morgan fingerprint density at radius 3 is 2.48 bits per heavy atom. The van der Waals surface area contributed by atoms with Crippen LogP contribution < -0.4 is 9.47 Å². The summed E-state index contributed by atoms with van der Waals surface area (Å²) in [7, 11) is 1.59. The molecule has 3 aliphatic rings. The summed E-state index contributed by atoms with van der Waals surface area (Å²) in [6.07, 6.45) is 0.939. The van der Waals surface area contributed by atoms with E-state index < -0.39 is 47.6 Å². The second kappa shape index (κ2) is 13.4. The molecule has 5 rings (SSSR count). The second-order valence-electron chi connectivity index (χ2n) is 13.5. The van der Waals surface area contributed by atoms with E-state index in [9.17, 15) is 19.5 Å². The van der Waals surface area contributed by atoms with Gasteiger partial charge >= 0.3 is 18.1 Å². The Morgan fingerprint density at radius 1 is 1.04 bits per heavy atom. The molecule has 0 spiro atoms. The Labute approximate surface area is 270 Å². The Morgan fingerprint density at radius 2 is 1.78 bits per heavy atom. The smallest absolute Gasteiger partial charge is 0.493 e. The van der Waals surface area contributed by atoms with E-state index >= 15 is 0 Å². The number of esters is 2. The maximum Gasteiger partial charge on any atom is 0.509 e. The Kier molecular flexibility index (Phi) is 9.67. The van der Waals surface area contributed by atoms with Gasteiger partial charge < -0.3 is 33.5 Å². The number of fused-ring (bicyclic) bond motifs is 4. The van der Waals surface area contributed by atoms with E-state index in [4.69, 9.17) is 28.4 Å². The van der Waals surface area contributed by atoms with Crippen molar-refractivity contribution >= 4 is 18.1 Å². The van der Waals surface area contributed by atoms with E-state index in [1.54, 1.807) is 64.3 Å². The predicted molar refractivity (Wildman–Crippen MR) is 167 cm³/mol. The summed E-state index contributed by atoms with van der Waals surface area (Å²) in [6, 6.07) is 12.4. The molecule has 6 atom stereocenters. The quantitative estimate of drug-likeness (QED) is 0.279. The Bertz CT molecular complexity index is 1480. The van der Waals surface area contributed by atoms with E-state index in [1.807, 2.05) is 6.07 Å². The van der Waals surface area contributed by atoms with Crippen molar-refractivity contribution in [2.75, 3.05) is 7.11 Å². The standard InChI is InChI=1S/C36H44O10/c1-21-11-10-14-25-24-15-16-28(41-6)31(25)43-29-20-36(40,26(21)19-24)18-17-27(29)44-33(38)30(23-12-8-7-9-13-23)45-32(37)22(2)42-34(39)46-35(3,4)5/h7-9,12-13,15-17,21-22,26,29-30,40H,10-11,14,18-20H2,1-6H3/t21?,22-,26-,29+,30-,36-/m0/s1. The lowest BCUT2D eigenvalue weighted by molar-refractivity contribution is -0.173. The normalized spacial score (nSPS) is 25.0. The number of carbonyl (C=O) groups is 3. The summed E-state index contributed by atoms with van der Waals surface area (Å²) in [6.45, 7) is 8.53. The first kappa shape index (κ1) is 33.3. The molecule has 10 heteroatoms. The summed E-state index contributed by atoms with van der Waals surface area (Å²) in [4.78, 5) is 39.0. The molecule has 0 amide bonds. The highest BCUT2D eigenvalue weighted by Gasteiger charge is 2.48. The van der Waals surface area contributed by atoms with Crippen LogP contribution >= 0.6 is 0 Å². The molecular weight excluding hydrogens is 592 g/mol. The van der Waals surface area contributed by atoms with Crippen LogP contribution in [0, 0.1) is 11.8 Å². The van der Waals surface area contributed by atoms with Crippen molar-refractivity contribution in [1.29, 1.82) is 0 Å². The molecule has 6 bridgehead atoms. The van der Waals surface area contributed by atoms with Crippen molar-refractivity contribution in [2.45, 2.75) is 103 Å². The number of hydrogen-bond donors (Lipinski definition) is 1. The third kappa shape index (κ3) is 7.33. The highest BCUT2D eigenvalue weighted by Crippen LogP contribution is 2.48. The average molecular weight is 637 g/mol. The number of carbonyl (C=O) groups excluding carboxylic acids is 3. The average Bonchev–Trinajstić information content (AvgIpc) is 2.99. The molecule has 1 heterocycles. The van der Waals surface area contributed by atoms with Crippen LogP contribution in [0.25, 0.3) is 0 Å². The van der Waals surface area contributed by atoms with E-state index in [2.05, 4.69) is 13.0 Å². The fraction of sp³-hybridized carbons (Fsp3) is 0.528. The summed E-state index contributed by atoms with van der Waals surface area (Å²) in [5.74, 6) is -0.202. The van der Waals surface area contributed by atoms with Gasteiger partial charge in [-0.05, 0) is 82.9 Å². The summed E-state index contributed by atoms with van der Waals surface area (Å²) in [5, 5.41) is 12.1. The van der Waals surface area contributed by atoms with Crippen LogP contribution in [0.4, 0.5) is 4.79 Å². The van der Waals surface area contributed by atoms with Crippen LogP contribution in [0.15, 0.2) is 54.3 Å². The van der Waals surface area contributed by atoms with Crippen LogP contribution in [0.2, 0.25) is 0 Å². The molecule has 0 saturated carbocycles. The van der Waals surface area contributed by atoms with Crippen LogP contribution in [-0.2, 0) is 41.4 Å². The highest BCUT2D eigenvalue weighted by atomic mass is 16.7. The fourth-order valence-electron chi connectivity index (χ4n) is 6.66. The number of rotatable bonds is 7. The Hall–Kier alpha value is -4.05. The maximum absolute atomic E-state index is 13.8. The second-order valence-corrected chi connectivity index (χ2v) is 13.5. The van der Waals surface area contributed by atoms with Crippen LogP contribution in [0.1, 0.15) is 83.1 Å². The van der Waals surface area contributed by atoms with Crippen molar-refractivity contribution in [2.24, 2.45) is 11.8 Å². The molecule has 1 aliphatic heterocycles. The third-order valence-electron chi connectivity index (χ3n) is 8.98. The molecule has 2 aromatic carbocycles. The zero-order chi connectivity index (χ0) is 33.2. The van der Waals surface area contributed by atoms with Crippen LogP contribution in [0.3, 0.4) is 0 Å². The van der Waals surface area contributed by atoms with Gasteiger partial charge in [-0.2, -0.15) is 0 Å². The zero-order valence-corrected chi connectivity index (χ0v) is 27.4. The lowest BCUT2D eigenvalue weighted by Crippen LogP contribution is -2.48. The summed E-state index contributed by atoms with van der Waals surface area (Å²) < 4.78 is 34.1. The van der Waals surface area contributed by atoms with Gasteiger partial charge in [-0.15, -0.1) is 0 Å².